The molecule has 0 aromatic carbocycles. The summed E-state index contributed by atoms with van der Waals surface area (Å²) < 4.78 is 23.2. The van der Waals surface area contributed by atoms with Crippen molar-refractivity contribution in [2.24, 2.45) is 0 Å². The molecule has 100 valence electrons. The van der Waals surface area contributed by atoms with Crippen molar-refractivity contribution >= 4 is 9.84 Å². The number of aryl methyl sites for hydroxylation is 3. The van der Waals surface area contributed by atoms with E-state index >= 15 is 0 Å². The Kier molecular flexibility index (Phi) is 4.29. The minimum atomic E-state index is -2.90. The molecule has 1 aromatic heterocycles. The molecule has 0 saturated heterocycles. The van der Waals surface area contributed by atoms with Gasteiger partial charge in [0.15, 0.2) is 9.84 Å². The lowest BCUT2D eigenvalue weighted by Crippen LogP contribution is -2.11. The molecule has 0 aliphatic carbocycles. The molecule has 0 radical (unpaired) electrons. The second-order valence-electron chi connectivity index (χ2n) is 4.62. The van der Waals surface area contributed by atoms with Crippen LogP contribution < -0.4 is 5.32 Å². The zero-order valence-corrected chi connectivity index (χ0v) is 11.5. The third-order valence-corrected chi connectivity index (χ3v) is 4.82. The highest BCUT2D eigenvalue weighted by molar-refractivity contribution is 7.91. The molecule has 0 saturated carbocycles. The average Bonchev–Trinajstić information content (AvgIpc) is 2.49. The fourth-order valence-electron chi connectivity index (χ4n) is 2.07. The van der Waals surface area contributed by atoms with Crippen LogP contribution in [0.4, 0.5) is 0 Å². The van der Waals surface area contributed by atoms with Crippen molar-refractivity contribution in [2.75, 3.05) is 25.1 Å². The molecule has 0 fully saturated rings. The van der Waals surface area contributed by atoms with Crippen LogP contribution in [0.25, 0.3) is 0 Å². The number of fused-ring (bicyclic) bond motifs is 1. The third kappa shape index (κ3) is 3.49. The highest BCUT2D eigenvalue weighted by Gasteiger charge is 2.19. The highest BCUT2D eigenvalue weighted by Crippen LogP contribution is 2.15. The molecule has 1 aliphatic rings. The molecule has 1 N–H and O–H groups in total. The summed E-state index contributed by atoms with van der Waals surface area (Å²) in [5.41, 5.74) is 1.92. The van der Waals surface area contributed by atoms with Crippen molar-refractivity contribution < 1.29 is 8.42 Å². The van der Waals surface area contributed by atoms with Gasteiger partial charge in [0.2, 0.25) is 0 Å². The third-order valence-electron chi connectivity index (χ3n) is 3.16. The van der Waals surface area contributed by atoms with Crippen molar-refractivity contribution in [2.45, 2.75) is 25.7 Å². The number of nitrogens with one attached hydrogen (secondary N) is 1. The standard InChI is InChI=1S/C12H19N3O2S/c1-13-6-2-3-12-14-9-10-4-7-18(16,17)8-5-11(10)15-12/h9,13H,2-8H2,1H3. The first-order valence-electron chi connectivity index (χ1n) is 6.29. The lowest BCUT2D eigenvalue weighted by molar-refractivity contribution is 0.596. The van der Waals surface area contributed by atoms with E-state index in [1.165, 1.54) is 0 Å². The Morgan fingerprint density at radius 3 is 2.89 bits per heavy atom. The van der Waals surface area contributed by atoms with Gasteiger partial charge in [0.1, 0.15) is 5.82 Å². The summed E-state index contributed by atoms with van der Waals surface area (Å²) in [5.74, 6) is 1.26. The van der Waals surface area contributed by atoms with E-state index in [1.807, 2.05) is 7.05 Å². The van der Waals surface area contributed by atoms with E-state index in [0.717, 1.165) is 36.5 Å². The zero-order chi connectivity index (χ0) is 13.0. The molecular formula is C12H19N3O2S. The first-order valence-corrected chi connectivity index (χ1v) is 8.11. The van der Waals surface area contributed by atoms with Gasteiger partial charge >= 0.3 is 0 Å². The van der Waals surface area contributed by atoms with Crippen LogP contribution in [-0.4, -0.2) is 43.5 Å². The van der Waals surface area contributed by atoms with Gasteiger partial charge in [-0.05, 0) is 32.0 Å². The molecule has 1 aliphatic heterocycles. The van der Waals surface area contributed by atoms with E-state index in [9.17, 15) is 8.42 Å². The smallest absolute Gasteiger partial charge is 0.151 e. The van der Waals surface area contributed by atoms with E-state index in [2.05, 4.69) is 15.3 Å². The Balaban J connectivity index is 2.10. The van der Waals surface area contributed by atoms with Gasteiger partial charge in [0, 0.05) is 24.7 Å². The van der Waals surface area contributed by atoms with Crippen molar-refractivity contribution in [3.63, 3.8) is 0 Å². The van der Waals surface area contributed by atoms with E-state index < -0.39 is 9.84 Å². The summed E-state index contributed by atoms with van der Waals surface area (Å²) in [5, 5.41) is 3.09. The zero-order valence-electron chi connectivity index (χ0n) is 10.6. The van der Waals surface area contributed by atoms with Crippen LogP contribution in [0.2, 0.25) is 0 Å². The Bertz CT molecular complexity index is 514. The number of nitrogens with zero attached hydrogens (tertiary/aromatic N) is 2. The summed E-state index contributed by atoms with van der Waals surface area (Å²) in [7, 11) is -0.979. The van der Waals surface area contributed by atoms with Crippen LogP contribution in [-0.2, 0) is 29.1 Å². The Hall–Kier alpha value is -1.01. The van der Waals surface area contributed by atoms with Gasteiger partial charge in [-0.15, -0.1) is 0 Å². The summed E-state index contributed by atoms with van der Waals surface area (Å²) in [4.78, 5) is 8.83. The summed E-state index contributed by atoms with van der Waals surface area (Å²) >= 11 is 0. The second kappa shape index (κ2) is 5.75. The van der Waals surface area contributed by atoms with Crippen molar-refractivity contribution in [3.05, 3.63) is 23.3 Å². The quantitative estimate of drug-likeness (QED) is 0.787. The first-order chi connectivity index (χ1) is 8.61. The van der Waals surface area contributed by atoms with Crippen LogP contribution in [0.5, 0.6) is 0 Å². The van der Waals surface area contributed by atoms with Gasteiger partial charge in [-0.3, -0.25) is 0 Å². The van der Waals surface area contributed by atoms with Crippen molar-refractivity contribution in [3.8, 4) is 0 Å². The molecule has 5 nitrogen and oxygen atoms in total. The Morgan fingerprint density at radius 1 is 1.33 bits per heavy atom. The van der Waals surface area contributed by atoms with E-state index in [0.29, 0.717) is 12.8 Å². The Labute approximate surface area is 108 Å². The number of hydrogen-bond acceptors (Lipinski definition) is 5. The van der Waals surface area contributed by atoms with Crippen LogP contribution in [0.15, 0.2) is 6.20 Å². The maximum absolute atomic E-state index is 11.6. The minimum absolute atomic E-state index is 0.215. The van der Waals surface area contributed by atoms with Crippen molar-refractivity contribution in [1.82, 2.24) is 15.3 Å². The number of aromatic nitrogens is 2. The maximum Gasteiger partial charge on any atom is 0.151 e. The molecule has 0 spiro atoms. The minimum Gasteiger partial charge on any atom is -0.320 e. The normalized spacial score (nSPS) is 18.1. The molecule has 0 bridgehead atoms. The molecule has 6 heteroatoms. The van der Waals surface area contributed by atoms with Crippen LogP contribution in [0.3, 0.4) is 0 Å². The predicted octanol–water partition coefficient (Wildman–Crippen LogP) is 0.142. The molecule has 0 unspecified atom stereocenters. The first kappa shape index (κ1) is 13.4. The molecule has 2 rings (SSSR count). The molecule has 0 atom stereocenters. The molecule has 2 heterocycles. The number of sulfone groups is 1. The van der Waals surface area contributed by atoms with Gasteiger partial charge in [-0.25, -0.2) is 18.4 Å². The topological polar surface area (TPSA) is 72.0 Å². The van der Waals surface area contributed by atoms with E-state index in [-0.39, 0.29) is 11.5 Å². The molecule has 18 heavy (non-hydrogen) atoms. The van der Waals surface area contributed by atoms with Crippen molar-refractivity contribution in [1.29, 1.82) is 0 Å². The van der Waals surface area contributed by atoms with Gasteiger partial charge in [0.25, 0.3) is 0 Å². The second-order valence-corrected chi connectivity index (χ2v) is 6.92. The van der Waals surface area contributed by atoms with Crippen LogP contribution in [0.1, 0.15) is 23.5 Å². The fourth-order valence-corrected chi connectivity index (χ4v) is 3.31. The number of hydrogen-bond donors (Lipinski definition) is 1. The highest BCUT2D eigenvalue weighted by atomic mass is 32.2. The Morgan fingerprint density at radius 2 is 2.11 bits per heavy atom. The fraction of sp³-hybridized carbons (Fsp3) is 0.667. The van der Waals surface area contributed by atoms with E-state index in [1.54, 1.807) is 6.20 Å². The molecular weight excluding hydrogens is 250 g/mol. The largest absolute Gasteiger partial charge is 0.320 e. The van der Waals surface area contributed by atoms with Crippen LogP contribution >= 0.6 is 0 Å². The SMILES string of the molecule is CNCCCc1ncc2c(n1)CCS(=O)(=O)CC2. The average molecular weight is 269 g/mol. The number of rotatable bonds is 4. The lowest BCUT2D eigenvalue weighted by atomic mass is 10.1. The molecule has 0 amide bonds. The van der Waals surface area contributed by atoms with E-state index in [4.69, 9.17) is 0 Å². The van der Waals surface area contributed by atoms with Gasteiger partial charge in [-0.2, -0.15) is 0 Å². The van der Waals surface area contributed by atoms with Gasteiger partial charge in [0.05, 0.1) is 11.5 Å². The summed E-state index contributed by atoms with van der Waals surface area (Å²) in [6.45, 7) is 0.939. The van der Waals surface area contributed by atoms with Crippen LogP contribution in [0, 0.1) is 0 Å². The summed E-state index contributed by atoms with van der Waals surface area (Å²) in [6.07, 6.45) is 4.71. The predicted molar refractivity (Wildman–Crippen MR) is 70.3 cm³/mol. The molecule has 1 aromatic rings. The van der Waals surface area contributed by atoms with Gasteiger partial charge < -0.3 is 5.32 Å². The maximum atomic E-state index is 11.6. The monoisotopic (exact) mass is 269 g/mol. The van der Waals surface area contributed by atoms with Gasteiger partial charge in [-0.1, -0.05) is 0 Å². The lowest BCUT2D eigenvalue weighted by Gasteiger charge is -2.06. The summed E-state index contributed by atoms with van der Waals surface area (Å²) in [6, 6.07) is 0.